The molecule has 126 valence electrons. The summed E-state index contributed by atoms with van der Waals surface area (Å²) in [5, 5.41) is 11.1. The lowest BCUT2D eigenvalue weighted by atomic mass is 10.2. The van der Waals surface area contributed by atoms with Gasteiger partial charge in [0.15, 0.2) is 5.69 Å². The maximum atomic E-state index is 12.8. The Morgan fingerprint density at radius 3 is 2.78 bits per heavy atom. The highest BCUT2D eigenvalue weighted by Gasteiger charge is 2.36. The first-order valence-electron chi connectivity index (χ1n) is 6.78. The average Bonchev–Trinajstić information content (AvgIpc) is 3.11. The number of amides is 2. The number of rotatable bonds is 5. The van der Waals surface area contributed by atoms with Gasteiger partial charge in [-0.2, -0.15) is 18.3 Å². The summed E-state index contributed by atoms with van der Waals surface area (Å²) in [7, 11) is 1.40. The van der Waals surface area contributed by atoms with Crippen molar-refractivity contribution in [1.29, 1.82) is 0 Å². The van der Waals surface area contributed by atoms with Crippen molar-refractivity contribution >= 4 is 17.4 Å². The molecular formula is C13H16F3N5OS. The number of nitrogens with one attached hydrogen (secondary N) is 2. The van der Waals surface area contributed by atoms with Crippen LogP contribution in [0.15, 0.2) is 17.8 Å². The highest BCUT2D eigenvalue weighted by Crippen LogP contribution is 2.30. The summed E-state index contributed by atoms with van der Waals surface area (Å²) >= 11 is 1.48. The van der Waals surface area contributed by atoms with Gasteiger partial charge >= 0.3 is 12.2 Å². The molecular weight excluding hydrogens is 331 g/mol. The van der Waals surface area contributed by atoms with E-state index in [-0.39, 0.29) is 18.0 Å². The molecule has 0 aromatic carbocycles. The molecule has 1 atom stereocenters. The quantitative estimate of drug-likeness (QED) is 0.873. The zero-order valence-corrected chi connectivity index (χ0v) is 13.3. The van der Waals surface area contributed by atoms with Crippen LogP contribution in [-0.2, 0) is 19.8 Å². The van der Waals surface area contributed by atoms with Crippen LogP contribution in [0.25, 0.3) is 0 Å². The van der Waals surface area contributed by atoms with E-state index in [9.17, 15) is 18.0 Å². The first-order chi connectivity index (χ1) is 10.8. The smallest absolute Gasteiger partial charge is 0.337 e. The van der Waals surface area contributed by atoms with Crippen LogP contribution in [0, 0.1) is 0 Å². The fourth-order valence-electron chi connectivity index (χ4n) is 1.95. The number of alkyl halides is 3. The minimum absolute atomic E-state index is 0.0323. The van der Waals surface area contributed by atoms with E-state index in [1.165, 1.54) is 24.6 Å². The Labute approximate surface area is 134 Å². The minimum Gasteiger partial charge on any atom is -0.337 e. The van der Waals surface area contributed by atoms with Crippen molar-refractivity contribution in [3.05, 3.63) is 34.0 Å². The van der Waals surface area contributed by atoms with Crippen molar-refractivity contribution < 1.29 is 18.0 Å². The number of hydrogen-bond donors (Lipinski definition) is 2. The normalized spacial score (nSPS) is 12.9. The number of aromatic nitrogens is 3. The summed E-state index contributed by atoms with van der Waals surface area (Å²) in [5.74, 6) is 0.0323. The van der Waals surface area contributed by atoms with Gasteiger partial charge < -0.3 is 10.6 Å². The van der Waals surface area contributed by atoms with E-state index in [0.29, 0.717) is 6.54 Å². The van der Waals surface area contributed by atoms with Gasteiger partial charge in [0.05, 0.1) is 5.01 Å². The molecule has 0 saturated carbocycles. The van der Waals surface area contributed by atoms with E-state index in [4.69, 9.17) is 0 Å². The summed E-state index contributed by atoms with van der Waals surface area (Å²) in [5.41, 5.74) is -1.07. The van der Waals surface area contributed by atoms with Crippen molar-refractivity contribution in [2.24, 2.45) is 7.05 Å². The van der Waals surface area contributed by atoms with E-state index in [1.807, 2.05) is 12.3 Å². The van der Waals surface area contributed by atoms with Gasteiger partial charge in [-0.05, 0) is 0 Å². The monoisotopic (exact) mass is 347 g/mol. The van der Waals surface area contributed by atoms with Gasteiger partial charge in [-0.3, -0.25) is 4.68 Å². The van der Waals surface area contributed by atoms with Gasteiger partial charge in [0.2, 0.25) is 0 Å². The van der Waals surface area contributed by atoms with E-state index >= 15 is 0 Å². The van der Waals surface area contributed by atoms with E-state index in [1.54, 1.807) is 6.20 Å². The Morgan fingerprint density at radius 2 is 2.17 bits per heavy atom. The highest BCUT2D eigenvalue weighted by atomic mass is 32.1. The Morgan fingerprint density at radius 1 is 1.43 bits per heavy atom. The summed E-state index contributed by atoms with van der Waals surface area (Å²) in [4.78, 5) is 15.9. The molecule has 0 bridgehead atoms. The Balaban J connectivity index is 1.85. The fourth-order valence-corrected chi connectivity index (χ4v) is 2.65. The summed E-state index contributed by atoms with van der Waals surface area (Å²) in [6, 6.07) is -0.537. The molecule has 23 heavy (non-hydrogen) atoms. The molecule has 2 aromatic rings. The zero-order valence-electron chi connectivity index (χ0n) is 12.5. The van der Waals surface area contributed by atoms with Gasteiger partial charge in [-0.25, -0.2) is 9.78 Å². The second-order valence-corrected chi connectivity index (χ2v) is 5.94. The molecule has 2 amide bonds. The first-order valence-corrected chi connectivity index (χ1v) is 7.66. The van der Waals surface area contributed by atoms with Gasteiger partial charge in [-0.15, -0.1) is 11.3 Å². The molecule has 0 radical (unpaired) electrons. The van der Waals surface area contributed by atoms with Gasteiger partial charge in [0.1, 0.15) is 0 Å². The van der Waals surface area contributed by atoms with Crippen LogP contribution in [0.5, 0.6) is 0 Å². The van der Waals surface area contributed by atoms with Gasteiger partial charge in [-0.1, -0.05) is 6.92 Å². The minimum atomic E-state index is -4.55. The van der Waals surface area contributed by atoms with Crippen molar-refractivity contribution in [1.82, 2.24) is 25.4 Å². The Bertz CT molecular complexity index is 653. The predicted molar refractivity (Wildman–Crippen MR) is 79.0 cm³/mol. The number of urea groups is 1. The van der Waals surface area contributed by atoms with Gasteiger partial charge in [0, 0.05) is 49.4 Å². The van der Waals surface area contributed by atoms with E-state index in [0.717, 1.165) is 9.69 Å². The molecule has 0 spiro atoms. The highest BCUT2D eigenvalue weighted by molar-refractivity contribution is 7.09. The predicted octanol–water partition coefficient (Wildman–Crippen LogP) is 2.50. The molecule has 0 fully saturated rings. The summed E-state index contributed by atoms with van der Waals surface area (Å²) in [6.45, 7) is 2.00. The molecule has 2 aromatic heterocycles. The van der Waals surface area contributed by atoms with Crippen LogP contribution >= 0.6 is 11.3 Å². The van der Waals surface area contributed by atoms with Crippen LogP contribution in [0.4, 0.5) is 18.0 Å². The Hall–Kier alpha value is -2.10. The van der Waals surface area contributed by atoms with Crippen molar-refractivity contribution in [3.8, 4) is 0 Å². The molecule has 0 unspecified atom stereocenters. The largest absolute Gasteiger partial charge is 0.435 e. The summed E-state index contributed by atoms with van der Waals surface area (Å²) in [6.07, 6.45) is -1.63. The van der Waals surface area contributed by atoms with E-state index in [2.05, 4.69) is 20.7 Å². The third kappa shape index (κ3) is 4.68. The standard InChI is InChI=1S/C13H16F3N5OS/c1-8(11-17-3-4-23-11)5-18-12(22)19-6-9-7-21(2)20-10(9)13(14,15)16/h3-4,7-8H,5-6H2,1-2H3,(H2,18,19,22)/t8-/m0/s1. The van der Waals surface area contributed by atoms with Crippen LogP contribution in [0.2, 0.25) is 0 Å². The lowest BCUT2D eigenvalue weighted by Gasteiger charge is -2.11. The number of nitrogens with zero attached hydrogens (tertiary/aromatic N) is 3. The Kier molecular flexibility index (Phi) is 5.24. The van der Waals surface area contributed by atoms with Crippen LogP contribution in [-0.4, -0.2) is 27.3 Å². The van der Waals surface area contributed by atoms with Gasteiger partial charge in [0.25, 0.3) is 0 Å². The third-order valence-corrected chi connectivity index (χ3v) is 4.06. The first kappa shape index (κ1) is 17.3. The maximum absolute atomic E-state index is 12.8. The molecule has 0 aliphatic rings. The fraction of sp³-hybridized carbons (Fsp3) is 0.462. The molecule has 0 saturated heterocycles. The van der Waals surface area contributed by atoms with Crippen molar-refractivity contribution in [2.75, 3.05) is 6.54 Å². The molecule has 0 aliphatic heterocycles. The number of thiazole rings is 1. The second-order valence-electron chi connectivity index (χ2n) is 5.01. The number of halogens is 3. The number of carbonyl (C=O) groups is 1. The third-order valence-electron chi connectivity index (χ3n) is 3.05. The molecule has 6 nitrogen and oxygen atoms in total. The van der Waals surface area contributed by atoms with Crippen molar-refractivity contribution in [3.63, 3.8) is 0 Å². The number of aryl methyl sites for hydroxylation is 1. The molecule has 2 heterocycles. The number of carbonyl (C=O) groups excluding carboxylic acids is 1. The van der Waals surface area contributed by atoms with Crippen LogP contribution < -0.4 is 10.6 Å². The SMILES string of the molecule is C[C@@H](CNC(=O)NCc1cn(C)nc1C(F)(F)F)c1nccs1. The lowest BCUT2D eigenvalue weighted by molar-refractivity contribution is -0.142. The number of hydrogen-bond acceptors (Lipinski definition) is 4. The van der Waals surface area contributed by atoms with E-state index < -0.39 is 17.9 Å². The summed E-state index contributed by atoms with van der Waals surface area (Å²) < 4.78 is 39.4. The molecule has 2 rings (SSSR count). The zero-order chi connectivity index (χ0) is 17.0. The van der Waals surface area contributed by atoms with Crippen LogP contribution in [0.3, 0.4) is 0 Å². The molecule has 10 heteroatoms. The second kappa shape index (κ2) is 6.99. The molecule has 0 aliphatic carbocycles. The van der Waals surface area contributed by atoms with Crippen molar-refractivity contribution in [2.45, 2.75) is 25.6 Å². The molecule has 2 N–H and O–H groups in total. The average molecular weight is 347 g/mol. The van der Waals surface area contributed by atoms with Crippen LogP contribution in [0.1, 0.15) is 29.1 Å². The lowest BCUT2D eigenvalue weighted by Crippen LogP contribution is -2.37. The topological polar surface area (TPSA) is 71.8 Å². The maximum Gasteiger partial charge on any atom is 0.435 e.